The van der Waals surface area contributed by atoms with Crippen LogP contribution < -0.4 is 0 Å². The van der Waals surface area contributed by atoms with Crippen LogP contribution in [0.1, 0.15) is 26.7 Å². The Hall–Kier alpha value is -1.16. The topological polar surface area (TPSA) is 43.4 Å². The molecule has 3 nitrogen and oxygen atoms in total. The molecule has 0 radical (unpaired) electrons. The van der Waals surface area contributed by atoms with Crippen LogP contribution >= 0.6 is 0 Å². The summed E-state index contributed by atoms with van der Waals surface area (Å²) in [6.45, 7) is 10.3. The van der Waals surface area contributed by atoms with Gasteiger partial charge in [0.2, 0.25) is 8.32 Å². The summed E-state index contributed by atoms with van der Waals surface area (Å²) in [4.78, 5) is 24.8. The Morgan fingerprint density at radius 3 is 2.40 bits per heavy atom. The predicted molar refractivity (Wildman–Crippen MR) is 81.7 cm³/mol. The van der Waals surface area contributed by atoms with E-state index in [4.69, 9.17) is 4.43 Å². The van der Waals surface area contributed by atoms with Gasteiger partial charge in [0.25, 0.3) is 0 Å². The van der Waals surface area contributed by atoms with Crippen molar-refractivity contribution in [1.29, 1.82) is 0 Å². The van der Waals surface area contributed by atoms with Crippen molar-refractivity contribution in [2.24, 2.45) is 17.8 Å². The number of rotatable bonds is 3. The molecule has 2 aliphatic rings. The normalized spacial score (nSPS) is 27.1. The zero-order valence-electron chi connectivity index (χ0n) is 13.0. The van der Waals surface area contributed by atoms with E-state index in [1.165, 1.54) is 0 Å². The quantitative estimate of drug-likeness (QED) is 0.748. The van der Waals surface area contributed by atoms with Crippen molar-refractivity contribution >= 4 is 19.9 Å². The van der Waals surface area contributed by atoms with Crippen molar-refractivity contribution < 1.29 is 14.0 Å². The van der Waals surface area contributed by atoms with Gasteiger partial charge in [0.15, 0.2) is 11.6 Å². The standard InChI is InChI=1S/C16H24O3Si/c1-10(2)13-9-15(17)14-8-11(19-20(3,4)5)6-7-12(14)16(13)18/h6,9-10,12,14H,7-8H2,1-5H3. The van der Waals surface area contributed by atoms with E-state index in [1.807, 2.05) is 19.9 Å². The second-order valence-electron chi connectivity index (χ2n) is 7.06. The highest BCUT2D eigenvalue weighted by Gasteiger charge is 2.41. The lowest BCUT2D eigenvalue weighted by Gasteiger charge is -2.35. The first-order chi connectivity index (χ1) is 9.19. The summed E-state index contributed by atoms with van der Waals surface area (Å²) in [5.74, 6) is 0.917. The molecule has 0 bridgehead atoms. The molecule has 0 saturated carbocycles. The molecule has 4 heteroatoms. The number of hydrogen-bond donors (Lipinski definition) is 0. The van der Waals surface area contributed by atoms with Crippen LogP contribution in [-0.4, -0.2) is 19.9 Å². The lowest BCUT2D eigenvalue weighted by atomic mass is 9.70. The maximum absolute atomic E-state index is 12.5. The Kier molecular flexibility index (Phi) is 4.05. The molecule has 0 aliphatic heterocycles. The molecule has 0 aromatic rings. The minimum atomic E-state index is -1.65. The molecule has 0 N–H and O–H groups in total. The van der Waals surface area contributed by atoms with Crippen LogP contribution in [0.5, 0.6) is 0 Å². The maximum atomic E-state index is 12.5. The number of allylic oxidation sites excluding steroid dienone is 4. The third kappa shape index (κ3) is 3.11. The van der Waals surface area contributed by atoms with Gasteiger partial charge in [-0.3, -0.25) is 9.59 Å². The largest absolute Gasteiger partial charge is 0.548 e. The summed E-state index contributed by atoms with van der Waals surface area (Å²) in [6, 6.07) is 0. The Balaban J connectivity index is 2.20. The van der Waals surface area contributed by atoms with E-state index in [0.717, 1.165) is 5.76 Å². The monoisotopic (exact) mass is 292 g/mol. The first-order valence-corrected chi connectivity index (χ1v) is 10.8. The highest BCUT2D eigenvalue weighted by Crippen LogP contribution is 2.38. The van der Waals surface area contributed by atoms with Crippen LogP contribution in [-0.2, 0) is 14.0 Å². The maximum Gasteiger partial charge on any atom is 0.241 e. The van der Waals surface area contributed by atoms with Crippen LogP contribution in [0, 0.1) is 17.8 Å². The molecule has 2 aliphatic carbocycles. The van der Waals surface area contributed by atoms with Gasteiger partial charge in [0.1, 0.15) is 0 Å². The minimum absolute atomic E-state index is 0.100. The number of carbonyl (C=O) groups excluding carboxylic acids is 2. The van der Waals surface area contributed by atoms with E-state index in [9.17, 15) is 9.59 Å². The minimum Gasteiger partial charge on any atom is -0.548 e. The molecular weight excluding hydrogens is 268 g/mol. The third-order valence-electron chi connectivity index (χ3n) is 3.85. The van der Waals surface area contributed by atoms with Gasteiger partial charge in [-0.15, -0.1) is 0 Å². The van der Waals surface area contributed by atoms with Gasteiger partial charge < -0.3 is 4.43 Å². The zero-order chi connectivity index (χ0) is 15.1. The summed E-state index contributed by atoms with van der Waals surface area (Å²) in [5, 5.41) is 0. The number of fused-ring (bicyclic) bond motifs is 1. The molecule has 0 amide bonds. The second-order valence-corrected chi connectivity index (χ2v) is 11.5. The molecule has 20 heavy (non-hydrogen) atoms. The van der Waals surface area contributed by atoms with E-state index in [2.05, 4.69) is 19.6 Å². The van der Waals surface area contributed by atoms with Crippen molar-refractivity contribution in [3.63, 3.8) is 0 Å². The van der Waals surface area contributed by atoms with Crippen LogP contribution in [0.25, 0.3) is 0 Å². The van der Waals surface area contributed by atoms with E-state index >= 15 is 0 Å². The summed E-state index contributed by atoms with van der Waals surface area (Å²) in [5.41, 5.74) is 0.694. The van der Waals surface area contributed by atoms with Crippen LogP contribution in [0.2, 0.25) is 19.6 Å². The van der Waals surface area contributed by atoms with Gasteiger partial charge in [0.05, 0.1) is 5.76 Å². The van der Waals surface area contributed by atoms with Crippen LogP contribution in [0.4, 0.5) is 0 Å². The molecule has 110 valence electrons. The molecule has 0 fully saturated rings. The Morgan fingerprint density at radius 1 is 1.20 bits per heavy atom. The van der Waals surface area contributed by atoms with Gasteiger partial charge in [-0.05, 0) is 44.1 Å². The molecule has 0 spiro atoms. The fourth-order valence-corrected chi connectivity index (χ4v) is 3.88. The van der Waals surface area contributed by atoms with E-state index in [0.29, 0.717) is 18.4 Å². The number of hydrogen-bond acceptors (Lipinski definition) is 3. The lowest BCUT2D eigenvalue weighted by molar-refractivity contribution is -0.130. The van der Waals surface area contributed by atoms with Crippen LogP contribution in [0.3, 0.4) is 0 Å². The number of carbonyl (C=O) groups is 2. The fraction of sp³-hybridized carbons (Fsp3) is 0.625. The molecule has 0 aromatic carbocycles. The van der Waals surface area contributed by atoms with Crippen molar-refractivity contribution in [3.05, 3.63) is 23.5 Å². The van der Waals surface area contributed by atoms with Crippen molar-refractivity contribution in [2.45, 2.75) is 46.3 Å². The summed E-state index contributed by atoms with van der Waals surface area (Å²) >= 11 is 0. The smallest absolute Gasteiger partial charge is 0.241 e. The molecule has 2 atom stereocenters. The average molecular weight is 292 g/mol. The lowest BCUT2D eigenvalue weighted by Crippen LogP contribution is -2.39. The highest BCUT2D eigenvalue weighted by atomic mass is 28.4. The number of ketones is 2. The van der Waals surface area contributed by atoms with E-state index in [-0.39, 0.29) is 29.3 Å². The Bertz CT molecular complexity index is 494. The SMILES string of the molecule is CC(C)C1=CC(=O)C2CC(O[Si](C)(C)C)=CCC2C1=O. The van der Waals surface area contributed by atoms with Crippen molar-refractivity contribution in [1.82, 2.24) is 0 Å². The van der Waals surface area contributed by atoms with E-state index in [1.54, 1.807) is 6.08 Å². The van der Waals surface area contributed by atoms with Gasteiger partial charge in [0, 0.05) is 23.8 Å². The Labute approximate surface area is 122 Å². The molecule has 0 aromatic heterocycles. The summed E-state index contributed by atoms with van der Waals surface area (Å²) in [7, 11) is -1.65. The van der Waals surface area contributed by atoms with Crippen molar-refractivity contribution in [2.75, 3.05) is 0 Å². The van der Waals surface area contributed by atoms with Gasteiger partial charge in [-0.2, -0.15) is 0 Å². The van der Waals surface area contributed by atoms with Gasteiger partial charge in [-0.25, -0.2) is 0 Å². The fourth-order valence-electron chi connectivity index (χ4n) is 2.93. The van der Waals surface area contributed by atoms with Gasteiger partial charge in [-0.1, -0.05) is 13.8 Å². The third-order valence-corrected chi connectivity index (χ3v) is 4.72. The molecule has 0 heterocycles. The van der Waals surface area contributed by atoms with Gasteiger partial charge >= 0.3 is 0 Å². The van der Waals surface area contributed by atoms with Crippen LogP contribution in [0.15, 0.2) is 23.5 Å². The first kappa shape index (κ1) is 15.2. The second kappa shape index (κ2) is 5.32. The molecule has 0 saturated heterocycles. The molecule has 2 unspecified atom stereocenters. The predicted octanol–water partition coefficient (Wildman–Crippen LogP) is 3.48. The number of Topliss-reactive ketones (excluding diaryl/α,β-unsaturated/α-hetero) is 1. The van der Waals surface area contributed by atoms with Crippen molar-refractivity contribution in [3.8, 4) is 0 Å². The average Bonchev–Trinajstić information content (AvgIpc) is 2.31. The first-order valence-electron chi connectivity index (χ1n) is 7.36. The zero-order valence-corrected chi connectivity index (χ0v) is 14.0. The summed E-state index contributed by atoms with van der Waals surface area (Å²) < 4.78 is 6.00. The Morgan fingerprint density at radius 2 is 1.85 bits per heavy atom. The molecular formula is C16H24O3Si. The summed E-state index contributed by atoms with van der Waals surface area (Å²) in [6.07, 6.45) is 4.82. The highest BCUT2D eigenvalue weighted by molar-refractivity contribution is 6.70. The molecule has 2 rings (SSSR count). The van der Waals surface area contributed by atoms with E-state index < -0.39 is 8.32 Å².